The Kier molecular flexibility index (Phi) is 7.66. The molecule has 1 heterocycles. The van der Waals surface area contributed by atoms with E-state index in [0.717, 1.165) is 40.7 Å². The standard InChI is InChI=1S/C25H18ClF3N4O2S/c26-19-11-9-16(10-12-19)23-32-33-24(36-23)31-22(35)20(13-15-5-2-1-3-6-15)30-21(34)17-7-4-8-18(14-17)25(27,28)29/h1-12,14,20H,13H2,(H,30,34)(H,31,33,35)/t20-/m1/s1. The van der Waals surface area contributed by atoms with Crippen molar-refractivity contribution < 1.29 is 22.8 Å². The Morgan fingerprint density at radius 2 is 1.67 bits per heavy atom. The molecule has 0 aliphatic heterocycles. The van der Waals surface area contributed by atoms with Crippen LogP contribution in [-0.4, -0.2) is 28.1 Å². The highest BCUT2D eigenvalue weighted by atomic mass is 35.5. The van der Waals surface area contributed by atoms with Crippen LogP contribution in [-0.2, 0) is 17.4 Å². The van der Waals surface area contributed by atoms with Crippen LogP contribution in [0.5, 0.6) is 0 Å². The van der Waals surface area contributed by atoms with E-state index in [1.807, 2.05) is 0 Å². The molecular weight excluding hydrogens is 513 g/mol. The second kappa shape index (κ2) is 10.9. The zero-order chi connectivity index (χ0) is 25.7. The molecule has 4 aromatic rings. The molecule has 11 heteroatoms. The fourth-order valence-corrected chi connectivity index (χ4v) is 4.19. The summed E-state index contributed by atoms with van der Waals surface area (Å²) >= 11 is 7.04. The molecule has 36 heavy (non-hydrogen) atoms. The van der Waals surface area contributed by atoms with Crippen LogP contribution >= 0.6 is 22.9 Å². The molecule has 0 saturated carbocycles. The Labute approximate surface area is 213 Å². The van der Waals surface area contributed by atoms with Crippen molar-refractivity contribution in [2.75, 3.05) is 5.32 Å². The first-order valence-electron chi connectivity index (χ1n) is 10.6. The smallest absolute Gasteiger partial charge is 0.340 e. The monoisotopic (exact) mass is 530 g/mol. The number of hydrogen-bond donors (Lipinski definition) is 2. The molecule has 0 bridgehead atoms. The minimum Gasteiger partial charge on any atom is -0.340 e. The maximum Gasteiger partial charge on any atom is 0.416 e. The number of carbonyl (C=O) groups excluding carboxylic acids is 2. The summed E-state index contributed by atoms with van der Waals surface area (Å²) in [6.07, 6.45) is -4.49. The van der Waals surface area contributed by atoms with Crippen LogP contribution in [0.15, 0.2) is 78.9 Å². The molecule has 0 aliphatic carbocycles. The zero-order valence-corrected chi connectivity index (χ0v) is 20.0. The van der Waals surface area contributed by atoms with E-state index in [1.54, 1.807) is 54.6 Å². The van der Waals surface area contributed by atoms with Crippen molar-refractivity contribution in [3.05, 3.63) is 101 Å². The third-order valence-electron chi connectivity index (χ3n) is 5.10. The van der Waals surface area contributed by atoms with Gasteiger partial charge in [0.25, 0.3) is 5.91 Å². The molecule has 0 aliphatic rings. The lowest BCUT2D eigenvalue weighted by Crippen LogP contribution is -2.45. The van der Waals surface area contributed by atoms with Crippen LogP contribution in [0.4, 0.5) is 18.3 Å². The molecule has 0 radical (unpaired) electrons. The van der Waals surface area contributed by atoms with E-state index in [9.17, 15) is 22.8 Å². The summed E-state index contributed by atoms with van der Waals surface area (Å²) in [5, 5.41) is 14.6. The summed E-state index contributed by atoms with van der Waals surface area (Å²) in [7, 11) is 0. The average Bonchev–Trinajstić information content (AvgIpc) is 3.32. The Morgan fingerprint density at radius 1 is 0.944 bits per heavy atom. The van der Waals surface area contributed by atoms with Gasteiger partial charge in [-0.2, -0.15) is 13.2 Å². The molecule has 0 unspecified atom stereocenters. The van der Waals surface area contributed by atoms with Crippen molar-refractivity contribution in [3.8, 4) is 10.6 Å². The Bertz CT molecular complexity index is 1360. The van der Waals surface area contributed by atoms with E-state index < -0.39 is 29.6 Å². The van der Waals surface area contributed by atoms with E-state index in [4.69, 9.17) is 11.6 Å². The molecule has 0 fully saturated rings. The van der Waals surface area contributed by atoms with E-state index in [0.29, 0.717) is 10.0 Å². The fraction of sp³-hybridized carbons (Fsp3) is 0.120. The summed E-state index contributed by atoms with van der Waals surface area (Å²) in [6, 6.07) is 18.8. The summed E-state index contributed by atoms with van der Waals surface area (Å²) in [6.45, 7) is 0. The first-order valence-corrected chi connectivity index (χ1v) is 11.8. The molecule has 1 aromatic heterocycles. The van der Waals surface area contributed by atoms with E-state index in [1.165, 1.54) is 6.07 Å². The fourth-order valence-electron chi connectivity index (χ4n) is 3.31. The number of alkyl halides is 3. The first-order chi connectivity index (χ1) is 17.2. The van der Waals surface area contributed by atoms with Gasteiger partial charge >= 0.3 is 6.18 Å². The van der Waals surface area contributed by atoms with Gasteiger partial charge < -0.3 is 5.32 Å². The van der Waals surface area contributed by atoms with Crippen LogP contribution in [0.3, 0.4) is 0 Å². The normalized spacial score (nSPS) is 12.1. The molecule has 3 aromatic carbocycles. The number of halogens is 4. The van der Waals surface area contributed by atoms with Gasteiger partial charge in [-0.05, 0) is 35.9 Å². The molecule has 2 N–H and O–H groups in total. The highest BCUT2D eigenvalue weighted by Gasteiger charge is 2.31. The molecular formula is C25H18ClF3N4O2S. The minimum atomic E-state index is -4.60. The van der Waals surface area contributed by atoms with Crippen molar-refractivity contribution >= 4 is 39.9 Å². The lowest BCUT2D eigenvalue weighted by Gasteiger charge is -2.18. The summed E-state index contributed by atoms with van der Waals surface area (Å²) < 4.78 is 39.2. The van der Waals surface area contributed by atoms with E-state index in [2.05, 4.69) is 20.8 Å². The number of aromatic nitrogens is 2. The number of rotatable bonds is 7. The number of nitrogens with one attached hydrogen (secondary N) is 2. The highest BCUT2D eigenvalue weighted by Crippen LogP contribution is 2.30. The first kappa shape index (κ1) is 25.3. The summed E-state index contributed by atoms with van der Waals surface area (Å²) in [5.41, 5.74) is 0.344. The average molecular weight is 531 g/mol. The zero-order valence-electron chi connectivity index (χ0n) is 18.4. The SMILES string of the molecule is O=C(N[C@H](Cc1ccccc1)C(=O)Nc1nnc(-c2ccc(Cl)cc2)s1)c1cccc(C(F)(F)F)c1. The third kappa shape index (κ3) is 6.46. The predicted molar refractivity (Wildman–Crippen MR) is 132 cm³/mol. The maximum absolute atomic E-state index is 13.1. The van der Waals surface area contributed by atoms with Crippen LogP contribution in [0.25, 0.3) is 10.6 Å². The predicted octanol–water partition coefficient (Wildman–Crippen LogP) is 5.86. The van der Waals surface area contributed by atoms with Gasteiger partial charge in [-0.3, -0.25) is 14.9 Å². The molecule has 2 amide bonds. The Balaban J connectivity index is 1.53. The minimum absolute atomic E-state index is 0.111. The van der Waals surface area contributed by atoms with Gasteiger partial charge in [-0.1, -0.05) is 71.5 Å². The second-order valence-electron chi connectivity index (χ2n) is 7.70. The number of nitrogens with zero attached hydrogens (tertiary/aromatic N) is 2. The van der Waals surface area contributed by atoms with Crippen molar-refractivity contribution in [1.29, 1.82) is 0 Å². The molecule has 4 rings (SSSR count). The van der Waals surface area contributed by atoms with Crippen LogP contribution in [0.1, 0.15) is 21.5 Å². The lowest BCUT2D eigenvalue weighted by atomic mass is 10.0. The Hall–Kier alpha value is -3.76. The molecule has 0 saturated heterocycles. The van der Waals surface area contributed by atoms with Gasteiger partial charge in [-0.25, -0.2) is 0 Å². The molecule has 184 valence electrons. The number of amides is 2. The van der Waals surface area contributed by atoms with Crippen molar-refractivity contribution in [2.45, 2.75) is 18.6 Å². The van der Waals surface area contributed by atoms with Crippen LogP contribution < -0.4 is 10.6 Å². The van der Waals surface area contributed by atoms with Crippen molar-refractivity contribution in [2.24, 2.45) is 0 Å². The van der Waals surface area contributed by atoms with Gasteiger partial charge in [0.05, 0.1) is 5.56 Å². The van der Waals surface area contributed by atoms with Gasteiger partial charge in [0.15, 0.2) is 0 Å². The quantitative estimate of drug-likeness (QED) is 0.313. The van der Waals surface area contributed by atoms with Crippen molar-refractivity contribution in [1.82, 2.24) is 15.5 Å². The van der Waals surface area contributed by atoms with Crippen LogP contribution in [0.2, 0.25) is 5.02 Å². The highest BCUT2D eigenvalue weighted by molar-refractivity contribution is 7.18. The third-order valence-corrected chi connectivity index (χ3v) is 6.24. The molecule has 6 nitrogen and oxygen atoms in total. The van der Waals surface area contributed by atoms with Gasteiger partial charge in [0.2, 0.25) is 11.0 Å². The number of anilines is 1. The molecule has 1 atom stereocenters. The largest absolute Gasteiger partial charge is 0.416 e. The van der Waals surface area contributed by atoms with Crippen molar-refractivity contribution in [3.63, 3.8) is 0 Å². The van der Waals surface area contributed by atoms with E-state index in [-0.39, 0.29) is 17.1 Å². The van der Waals surface area contributed by atoms with E-state index >= 15 is 0 Å². The summed E-state index contributed by atoms with van der Waals surface area (Å²) in [4.78, 5) is 25.9. The topological polar surface area (TPSA) is 84.0 Å². The molecule has 0 spiro atoms. The number of carbonyl (C=O) groups is 2. The van der Waals surface area contributed by atoms with Gasteiger partial charge in [0, 0.05) is 22.6 Å². The summed E-state index contributed by atoms with van der Waals surface area (Å²) in [5.74, 6) is -1.39. The number of benzene rings is 3. The second-order valence-corrected chi connectivity index (χ2v) is 9.12. The Morgan fingerprint density at radius 3 is 2.36 bits per heavy atom. The number of hydrogen-bond acceptors (Lipinski definition) is 5. The van der Waals surface area contributed by atoms with Gasteiger partial charge in [-0.15, -0.1) is 10.2 Å². The van der Waals surface area contributed by atoms with Crippen LogP contribution in [0, 0.1) is 0 Å². The maximum atomic E-state index is 13.1. The lowest BCUT2D eigenvalue weighted by molar-refractivity contribution is -0.137. The van der Waals surface area contributed by atoms with Gasteiger partial charge in [0.1, 0.15) is 11.0 Å².